The maximum absolute atomic E-state index is 13.5. The number of benzene rings is 1. The van der Waals surface area contributed by atoms with Crippen LogP contribution < -0.4 is 5.32 Å². The van der Waals surface area contributed by atoms with Gasteiger partial charge in [-0.15, -0.1) is 0 Å². The van der Waals surface area contributed by atoms with Gasteiger partial charge in [-0.2, -0.15) is 0 Å². The number of anilines is 2. The minimum atomic E-state index is -1.24. The first-order valence-corrected chi connectivity index (χ1v) is 6.24. The monoisotopic (exact) mass is 331 g/mol. The van der Waals surface area contributed by atoms with E-state index in [4.69, 9.17) is 0 Å². The smallest absolute Gasteiger partial charge is 0.161 e. The van der Waals surface area contributed by atoms with E-state index < -0.39 is 17.5 Å². The number of nitrogens with zero attached hydrogens (tertiary/aromatic N) is 2. The molecule has 2 aromatic rings. The van der Waals surface area contributed by atoms with Gasteiger partial charge in [0.05, 0.1) is 5.69 Å². The molecule has 0 bridgehead atoms. The lowest BCUT2D eigenvalue weighted by Gasteiger charge is -2.08. The van der Waals surface area contributed by atoms with E-state index in [1.54, 1.807) is 0 Å². The summed E-state index contributed by atoms with van der Waals surface area (Å²) in [5.41, 5.74) is -0.188. The largest absolute Gasteiger partial charge is 0.338 e. The van der Waals surface area contributed by atoms with Crippen molar-refractivity contribution in [2.75, 3.05) is 5.32 Å². The molecule has 100 valence electrons. The molecule has 1 heterocycles. The summed E-state index contributed by atoms with van der Waals surface area (Å²) in [6.45, 7) is 1.86. The number of halogens is 4. The third kappa shape index (κ3) is 3.23. The quantitative estimate of drug-likeness (QED) is 0.683. The third-order valence-electron chi connectivity index (χ3n) is 2.33. The highest BCUT2D eigenvalue weighted by Gasteiger charge is 2.11. The summed E-state index contributed by atoms with van der Waals surface area (Å²) >= 11 is 3.19. The molecule has 1 aromatic carbocycles. The van der Waals surface area contributed by atoms with E-state index in [-0.39, 0.29) is 5.69 Å². The lowest BCUT2D eigenvalue weighted by Crippen LogP contribution is -2.02. The van der Waals surface area contributed by atoms with Gasteiger partial charge in [-0.05, 0) is 15.9 Å². The Morgan fingerprint density at radius 1 is 1.05 bits per heavy atom. The fourth-order valence-corrected chi connectivity index (χ4v) is 1.86. The van der Waals surface area contributed by atoms with Crippen LogP contribution in [0.4, 0.5) is 24.7 Å². The molecule has 2 rings (SSSR count). The van der Waals surface area contributed by atoms with Crippen molar-refractivity contribution in [1.82, 2.24) is 9.97 Å². The van der Waals surface area contributed by atoms with Crippen LogP contribution in [0.2, 0.25) is 0 Å². The number of nitrogens with one attached hydrogen (secondary N) is 1. The van der Waals surface area contributed by atoms with Gasteiger partial charge in [-0.25, -0.2) is 23.1 Å². The Bertz CT molecular complexity index is 619. The molecule has 0 aliphatic rings. The predicted octanol–water partition coefficient (Wildman–Crippen LogP) is 3.96. The molecule has 7 heteroatoms. The Balaban J connectivity index is 2.36. The number of aromatic nitrogens is 2. The first-order chi connectivity index (χ1) is 8.99. The molecule has 19 heavy (non-hydrogen) atoms. The van der Waals surface area contributed by atoms with Crippen LogP contribution in [0.3, 0.4) is 0 Å². The minimum absolute atomic E-state index is 0.188. The summed E-state index contributed by atoms with van der Waals surface area (Å²) in [6.07, 6.45) is 0.592. The van der Waals surface area contributed by atoms with Gasteiger partial charge in [0, 0.05) is 24.6 Å². The third-order valence-corrected chi connectivity index (χ3v) is 2.74. The summed E-state index contributed by atoms with van der Waals surface area (Å²) in [7, 11) is 0. The molecular formula is C12H9BrF3N3. The van der Waals surface area contributed by atoms with E-state index >= 15 is 0 Å². The molecule has 0 saturated heterocycles. The topological polar surface area (TPSA) is 37.8 Å². The second-order valence-electron chi connectivity index (χ2n) is 3.72. The van der Waals surface area contributed by atoms with E-state index in [9.17, 15) is 13.2 Å². The average Bonchev–Trinajstić information content (AvgIpc) is 2.35. The van der Waals surface area contributed by atoms with E-state index in [2.05, 4.69) is 31.2 Å². The van der Waals surface area contributed by atoms with Crippen molar-refractivity contribution in [1.29, 1.82) is 0 Å². The second-order valence-corrected chi connectivity index (χ2v) is 4.53. The lowest BCUT2D eigenvalue weighted by atomic mass is 10.3. The molecule has 1 N–H and O–H groups in total. The van der Waals surface area contributed by atoms with Gasteiger partial charge in [0.2, 0.25) is 0 Å². The first-order valence-electron chi connectivity index (χ1n) is 5.44. The van der Waals surface area contributed by atoms with Crippen molar-refractivity contribution in [3.05, 3.63) is 46.1 Å². The summed E-state index contributed by atoms with van der Waals surface area (Å²) in [4.78, 5) is 8.19. The Kier molecular flexibility index (Phi) is 4.04. The maximum atomic E-state index is 13.5. The fourth-order valence-electron chi connectivity index (χ4n) is 1.44. The zero-order chi connectivity index (χ0) is 14.0. The number of hydrogen-bond donors (Lipinski definition) is 1. The fraction of sp³-hybridized carbons (Fsp3) is 0.167. The highest BCUT2D eigenvalue weighted by molar-refractivity contribution is 9.10. The van der Waals surface area contributed by atoms with Crippen molar-refractivity contribution in [2.45, 2.75) is 13.3 Å². The van der Waals surface area contributed by atoms with Gasteiger partial charge >= 0.3 is 0 Å². The van der Waals surface area contributed by atoms with Crippen LogP contribution in [0, 0.1) is 17.5 Å². The number of hydrogen-bond acceptors (Lipinski definition) is 3. The van der Waals surface area contributed by atoms with Gasteiger partial charge in [-0.3, -0.25) is 0 Å². The second kappa shape index (κ2) is 5.56. The van der Waals surface area contributed by atoms with Crippen LogP contribution in [0.5, 0.6) is 0 Å². The maximum Gasteiger partial charge on any atom is 0.161 e. The highest BCUT2D eigenvalue weighted by atomic mass is 79.9. The average molecular weight is 332 g/mol. The van der Waals surface area contributed by atoms with Gasteiger partial charge < -0.3 is 5.32 Å². The van der Waals surface area contributed by atoms with E-state index in [0.717, 1.165) is 6.07 Å². The Hall–Kier alpha value is -1.63. The predicted molar refractivity (Wildman–Crippen MR) is 68.7 cm³/mol. The van der Waals surface area contributed by atoms with Crippen LogP contribution in [0.1, 0.15) is 12.7 Å². The van der Waals surface area contributed by atoms with Crippen LogP contribution in [-0.2, 0) is 6.42 Å². The summed E-state index contributed by atoms with van der Waals surface area (Å²) in [5, 5.41) is 2.59. The Labute approximate surface area is 116 Å². The van der Waals surface area contributed by atoms with Gasteiger partial charge in [0.1, 0.15) is 22.1 Å². The van der Waals surface area contributed by atoms with Crippen molar-refractivity contribution in [2.24, 2.45) is 0 Å². The van der Waals surface area contributed by atoms with E-state index in [1.165, 1.54) is 6.07 Å². The molecule has 3 nitrogen and oxygen atoms in total. The molecule has 0 spiro atoms. The Morgan fingerprint density at radius 2 is 1.74 bits per heavy atom. The van der Waals surface area contributed by atoms with Crippen molar-refractivity contribution in [3.8, 4) is 0 Å². The SMILES string of the molecule is CCc1nc(Br)cc(Nc2cc(F)c(F)cc2F)n1. The minimum Gasteiger partial charge on any atom is -0.338 e. The molecule has 0 amide bonds. The number of rotatable bonds is 3. The van der Waals surface area contributed by atoms with Crippen LogP contribution in [-0.4, -0.2) is 9.97 Å². The van der Waals surface area contributed by atoms with Gasteiger partial charge in [0.25, 0.3) is 0 Å². The molecular weight excluding hydrogens is 323 g/mol. The summed E-state index contributed by atoms with van der Waals surface area (Å²) < 4.78 is 39.9. The molecule has 0 aliphatic carbocycles. The van der Waals surface area contributed by atoms with E-state index in [1.807, 2.05) is 6.92 Å². The molecule has 0 radical (unpaired) electrons. The normalized spacial score (nSPS) is 10.6. The first kappa shape index (κ1) is 13.8. The van der Waals surface area contributed by atoms with Gasteiger partial charge in [-0.1, -0.05) is 6.92 Å². The Morgan fingerprint density at radius 3 is 2.42 bits per heavy atom. The van der Waals surface area contributed by atoms with Crippen molar-refractivity contribution in [3.63, 3.8) is 0 Å². The summed E-state index contributed by atoms with van der Waals surface area (Å²) in [6, 6.07) is 2.74. The van der Waals surface area contributed by atoms with Crippen molar-refractivity contribution >= 4 is 27.4 Å². The standard InChI is InChI=1S/C12H9BrF3N3/c1-2-11-18-10(13)5-12(19-11)17-9-4-7(15)6(14)3-8(9)16/h3-5H,2H2,1H3,(H,17,18,19). The highest BCUT2D eigenvalue weighted by Crippen LogP contribution is 2.23. The van der Waals surface area contributed by atoms with E-state index in [0.29, 0.717) is 28.7 Å². The summed E-state index contributed by atoms with van der Waals surface area (Å²) in [5.74, 6) is -2.43. The molecule has 0 atom stereocenters. The van der Waals surface area contributed by atoms with Gasteiger partial charge in [0.15, 0.2) is 11.6 Å². The molecule has 0 fully saturated rings. The van der Waals surface area contributed by atoms with Crippen LogP contribution >= 0.6 is 15.9 Å². The zero-order valence-electron chi connectivity index (χ0n) is 9.85. The molecule has 1 aromatic heterocycles. The molecule has 0 saturated carbocycles. The molecule has 0 unspecified atom stereocenters. The lowest BCUT2D eigenvalue weighted by molar-refractivity contribution is 0.496. The zero-order valence-corrected chi connectivity index (χ0v) is 11.4. The van der Waals surface area contributed by atoms with Crippen molar-refractivity contribution < 1.29 is 13.2 Å². The molecule has 0 aliphatic heterocycles. The number of aryl methyl sites for hydroxylation is 1. The van der Waals surface area contributed by atoms with Crippen LogP contribution in [0.25, 0.3) is 0 Å². The van der Waals surface area contributed by atoms with Crippen LogP contribution in [0.15, 0.2) is 22.8 Å².